The third-order valence-corrected chi connectivity index (χ3v) is 3.79. The van der Waals surface area contributed by atoms with Crippen molar-refractivity contribution < 1.29 is 22.7 Å². The van der Waals surface area contributed by atoms with Crippen molar-refractivity contribution in [1.29, 1.82) is 0 Å². The van der Waals surface area contributed by atoms with E-state index in [0.717, 1.165) is 25.9 Å². The SMILES string of the molecule is CCN1CCCC1CNC(=O)c1ccc(OCC(F)(F)F)nc1. The van der Waals surface area contributed by atoms with Crippen LogP contribution in [0.1, 0.15) is 30.1 Å². The van der Waals surface area contributed by atoms with Gasteiger partial charge in [0.2, 0.25) is 5.88 Å². The Morgan fingerprint density at radius 2 is 2.26 bits per heavy atom. The average Bonchev–Trinajstić information content (AvgIpc) is 2.98. The van der Waals surface area contributed by atoms with Gasteiger partial charge in [-0.25, -0.2) is 4.98 Å². The minimum absolute atomic E-state index is 0.160. The molecule has 1 aliphatic rings. The zero-order chi connectivity index (χ0) is 16.9. The van der Waals surface area contributed by atoms with Crippen LogP contribution in [0, 0.1) is 0 Å². The first-order chi connectivity index (χ1) is 10.9. The van der Waals surface area contributed by atoms with Crippen LogP contribution in [0.4, 0.5) is 13.2 Å². The fraction of sp³-hybridized carbons (Fsp3) is 0.600. The zero-order valence-corrected chi connectivity index (χ0v) is 12.9. The van der Waals surface area contributed by atoms with Crippen molar-refractivity contribution in [3.8, 4) is 5.88 Å². The molecule has 128 valence electrons. The van der Waals surface area contributed by atoms with Crippen LogP contribution < -0.4 is 10.1 Å². The van der Waals surface area contributed by atoms with Gasteiger partial charge in [0, 0.05) is 24.8 Å². The summed E-state index contributed by atoms with van der Waals surface area (Å²) in [6.45, 7) is 3.24. The van der Waals surface area contributed by atoms with Gasteiger partial charge < -0.3 is 10.1 Å². The lowest BCUT2D eigenvalue weighted by Crippen LogP contribution is -2.40. The molecule has 0 aliphatic carbocycles. The second kappa shape index (κ2) is 7.63. The molecule has 1 fully saturated rings. The molecule has 1 unspecified atom stereocenters. The van der Waals surface area contributed by atoms with Gasteiger partial charge in [-0.15, -0.1) is 0 Å². The molecular weight excluding hydrogens is 311 g/mol. The van der Waals surface area contributed by atoms with Gasteiger partial charge in [0.25, 0.3) is 5.91 Å². The molecule has 0 radical (unpaired) electrons. The first-order valence-corrected chi connectivity index (χ1v) is 7.57. The van der Waals surface area contributed by atoms with Crippen LogP contribution in [0.3, 0.4) is 0 Å². The van der Waals surface area contributed by atoms with Crippen LogP contribution in [0.2, 0.25) is 0 Å². The van der Waals surface area contributed by atoms with E-state index in [1.807, 2.05) is 0 Å². The van der Waals surface area contributed by atoms with Gasteiger partial charge in [0.1, 0.15) is 0 Å². The predicted molar refractivity (Wildman–Crippen MR) is 78.4 cm³/mol. The molecule has 1 atom stereocenters. The molecule has 5 nitrogen and oxygen atoms in total. The first kappa shape index (κ1) is 17.5. The zero-order valence-electron chi connectivity index (χ0n) is 12.9. The van der Waals surface area contributed by atoms with Crippen LogP contribution in [0.15, 0.2) is 18.3 Å². The molecule has 23 heavy (non-hydrogen) atoms. The number of nitrogens with zero attached hydrogens (tertiary/aromatic N) is 2. The van der Waals surface area contributed by atoms with Gasteiger partial charge in [0.05, 0.1) is 5.56 Å². The van der Waals surface area contributed by atoms with Crippen LogP contribution >= 0.6 is 0 Å². The molecule has 1 aliphatic heterocycles. The van der Waals surface area contributed by atoms with E-state index in [1.54, 1.807) is 0 Å². The number of hydrogen-bond acceptors (Lipinski definition) is 4. The maximum Gasteiger partial charge on any atom is 0.422 e. The molecule has 0 saturated carbocycles. The Hall–Kier alpha value is -1.83. The summed E-state index contributed by atoms with van der Waals surface area (Å²) in [5.74, 6) is -0.449. The molecule has 0 bridgehead atoms. The number of rotatable bonds is 6. The fourth-order valence-electron chi connectivity index (χ4n) is 2.61. The molecule has 8 heteroatoms. The van der Waals surface area contributed by atoms with Crippen molar-refractivity contribution in [3.05, 3.63) is 23.9 Å². The standard InChI is InChI=1S/C15H20F3N3O2/c1-2-21-7-3-4-12(21)9-20-14(22)11-5-6-13(19-8-11)23-10-15(16,17)18/h5-6,8,12H,2-4,7,9-10H2,1H3,(H,20,22). The largest absolute Gasteiger partial charge is 0.468 e. The lowest BCUT2D eigenvalue weighted by atomic mass is 10.2. The summed E-state index contributed by atoms with van der Waals surface area (Å²) in [7, 11) is 0. The van der Waals surface area contributed by atoms with Gasteiger partial charge >= 0.3 is 6.18 Å². The smallest absolute Gasteiger partial charge is 0.422 e. The van der Waals surface area contributed by atoms with Crippen LogP contribution in [0.25, 0.3) is 0 Å². The van der Waals surface area contributed by atoms with Gasteiger partial charge in [0.15, 0.2) is 6.61 Å². The third-order valence-electron chi connectivity index (χ3n) is 3.79. The minimum Gasteiger partial charge on any atom is -0.468 e. The number of likely N-dealkylation sites (N-methyl/N-ethyl adjacent to an activating group) is 1. The van der Waals surface area contributed by atoms with E-state index in [1.165, 1.54) is 18.3 Å². The normalized spacial score (nSPS) is 18.9. The third kappa shape index (κ3) is 5.38. The Kier molecular flexibility index (Phi) is 5.81. The first-order valence-electron chi connectivity index (χ1n) is 7.57. The van der Waals surface area contributed by atoms with E-state index in [4.69, 9.17) is 0 Å². The number of pyridine rings is 1. The summed E-state index contributed by atoms with van der Waals surface area (Å²) < 4.78 is 40.6. The molecule has 0 aromatic carbocycles. The Balaban J connectivity index is 1.83. The number of ether oxygens (including phenoxy) is 1. The molecular formula is C15H20F3N3O2. The second-order valence-electron chi connectivity index (χ2n) is 5.42. The van der Waals surface area contributed by atoms with Crippen molar-refractivity contribution >= 4 is 5.91 Å². The van der Waals surface area contributed by atoms with E-state index >= 15 is 0 Å². The summed E-state index contributed by atoms with van der Waals surface area (Å²) in [5, 5.41) is 2.84. The highest BCUT2D eigenvalue weighted by molar-refractivity contribution is 5.93. The Labute approximate surface area is 132 Å². The van der Waals surface area contributed by atoms with E-state index in [0.29, 0.717) is 18.2 Å². The molecule has 1 aromatic heterocycles. The number of nitrogens with one attached hydrogen (secondary N) is 1. The maximum atomic E-state index is 12.0. The van der Waals surface area contributed by atoms with Crippen LogP contribution in [0.5, 0.6) is 5.88 Å². The number of aromatic nitrogens is 1. The van der Waals surface area contributed by atoms with Crippen LogP contribution in [-0.2, 0) is 0 Å². The number of halogens is 3. The Bertz CT molecular complexity index is 520. The lowest BCUT2D eigenvalue weighted by Gasteiger charge is -2.22. The van der Waals surface area contributed by atoms with E-state index in [2.05, 4.69) is 26.9 Å². The van der Waals surface area contributed by atoms with Crippen molar-refractivity contribution in [1.82, 2.24) is 15.2 Å². The number of hydrogen-bond donors (Lipinski definition) is 1. The molecule has 2 heterocycles. The highest BCUT2D eigenvalue weighted by Crippen LogP contribution is 2.17. The Morgan fingerprint density at radius 1 is 1.48 bits per heavy atom. The van der Waals surface area contributed by atoms with E-state index < -0.39 is 12.8 Å². The van der Waals surface area contributed by atoms with Crippen molar-refractivity contribution in [2.24, 2.45) is 0 Å². The fourth-order valence-corrected chi connectivity index (χ4v) is 2.61. The van der Waals surface area contributed by atoms with Crippen molar-refractivity contribution in [2.45, 2.75) is 32.0 Å². The summed E-state index contributed by atoms with van der Waals surface area (Å²) in [5.41, 5.74) is 0.297. The predicted octanol–water partition coefficient (Wildman–Crippen LogP) is 2.24. The highest BCUT2D eigenvalue weighted by Gasteiger charge is 2.28. The van der Waals surface area contributed by atoms with E-state index in [9.17, 15) is 18.0 Å². The maximum absolute atomic E-state index is 12.0. The average molecular weight is 331 g/mol. The summed E-state index contributed by atoms with van der Waals surface area (Å²) >= 11 is 0. The van der Waals surface area contributed by atoms with Crippen LogP contribution in [-0.4, -0.2) is 54.3 Å². The monoisotopic (exact) mass is 331 g/mol. The molecule has 1 aromatic rings. The minimum atomic E-state index is -4.41. The van der Waals surface area contributed by atoms with Gasteiger partial charge in [-0.05, 0) is 32.0 Å². The van der Waals surface area contributed by atoms with Crippen molar-refractivity contribution in [3.63, 3.8) is 0 Å². The molecule has 1 saturated heterocycles. The topological polar surface area (TPSA) is 54.5 Å². The summed E-state index contributed by atoms with van der Waals surface area (Å²) in [6.07, 6.45) is -1.02. The van der Waals surface area contributed by atoms with Crippen molar-refractivity contribution in [2.75, 3.05) is 26.2 Å². The molecule has 2 rings (SSSR count). The summed E-state index contributed by atoms with van der Waals surface area (Å²) in [4.78, 5) is 18.1. The molecule has 0 spiro atoms. The number of likely N-dealkylation sites (tertiary alicyclic amines) is 1. The highest BCUT2D eigenvalue weighted by atomic mass is 19.4. The van der Waals surface area contributed by atoms with Gasteiger partial charge in [-0.3, -0.25) is 9.69 Å². The Morgan fingerprint density at radius 3 is 2.87 bits per heavy atom. The van der Waals surface area contributed by atoms with Gasteiger partial charge in [-0.1, -0.05) is 6.92 Å². The molecule has 1 amide bonds. The number of amides is 1. The number of carbonyl (C=O) groups excluding carboxylic acids is 1. The number of carbonyl (C=O) groups is 1. The molecule has 1 N–H and O–H groups in total. The summed E-state index contributed by atoms with van der Waals surface area (Å²) in [6, 6.07) is 3.00. The quantitative estimate of drug-likeness (QED) is 0.869. The lowest BCUT2D eigenvalue weighted by molar-refractivity contribution is -0.154. The number of alkyl halides is 3. The van der Waals surface area contributed by atoms with E-state index in [-0.39, 0.29) is 11.8 Å². The second-order valence-corrected chi connectivity index (χ2v) is 5.42. The van der Waals surface area contributed by atoms with Gasteiger partial charge in [-0.2, -0.15) is 13.2 Å².